The monoisotopic (exact) mass is 402 g/mol. The van der Waals surface area contributed by atoms with Crippen molar-refractivity contribution >= 4 is 11.8 Å². The number of halogens is 1. The van der Waals surface area contributed by atoms with E-state index in [9.17, 15) is 24.3 Å². The predicted octanol–water partition coefficient (Wildman–Crippen LogP) is 1.85. The van der Waals surface area contributed by atoms with Gasteiger partial charge in [-0.25, -0.2) is 9.45 Å². The molecule has 0 spiro atoms. The number of ether oxygens (including phenoxy) is 1. The molecule has 154 valence electrons. The molecule has 3 atom stereocenters. The molecule has 29 heavy (non-hydrogen) atoms. The second-order valence-corrected chi connectivity index (χ2v) is 7.40. The molecule has 1 aliphatic rings. The van der Waals surface area contributed by atoms with Crippen LogP contribution < -0.4 is 5.32 Å². The van der Waals surface area contributed by atoms with E-state index in [1.165, 1.54) is 18.2 Å². The Labute approximate surface area is 167 Å². The van der Waals surface area contributed by atoms with Crippen molar-refractivity contribution in [1.29, 1.82) is 0 Å². The Morgan fingerprint density at radius 3 is 2.59 bits per heavy atom. The maximum Gasteiger partial charge on any atom is 0.277 e. The molecular weight excluding hydrogens is 379 g/mol. The third-order valence-electron chi connectivity index (χ3n) is 5.01. The van der Waals surface area contributed by atoms with Crippen LogP contribution in [-0.4, -0.2) is 59.1 Å². The lowest BCUT2D eigenvalue weighted by molar-refractivity contribution is -0.0940. The largest absolute Gasteiger partial charge is 0.390 e. The fraction of sp³-hybridized carbons (Fsp3) is 0.333. The van der Waals surface area contributed by atoms with E-state index < -0.39 is 35.3 Å². The van der Waals surface area contributed by atoms with Gasteiger partial charge in [0.2, 0.25) is 0 Å². The van der Waals surface area contributed by atoms with Gasteiger partial charge in [0.05, 0.1) is 19.3 Å². The maximum absolute atomic E-state index is 13.2. The Morgan fingerprint density at radius 1 is 1.21 bits per heavy atom. The lowest BCUT2D eigenvalue weighted by Gasteiger charge is -2.31. The van der Waals surface area contributed by atoms with Crippen LogP contribution in [0.4, 0.5) is 4.39 Å². The molecule has 7 nitrogen and oxygen atoms in total. The fourth-order valence-electron chi connectivity index (χ4n) is 3.30. The van der Waals surface area contributed by atoms with Gasteiger partial charge in [-0.05, 0) is 30.3 Å². The molecule has 3 N–H and O–H groups in total. The van der Waals surface area contributed by atoms with Crippen molar-refractivity contribution in [2.75, 3.05) is 19.7 Å². The number of aliphatic hydroxyl groups is 1. The summed E-state index contributed by atoms with van der Waals surface area (Å²) in [6.07, 6.45) is -1.76. The molecule has 2 aromatic carbocycles. The summed E-state index contributed by atoms with van der Waals surface area (Å²) in [6, 6.07) is 13.6. The predicted molar refractivity (Wildman–Crippen MR) is 102 cm³/mol. The van der Waals surface area contributed by atoms with E-state index in [1.54, 1.807) is 37.3 Å². The van der Waals surface area contributed by atoms with Crippen LogP contribution in [0, 0.1) is 11.2 Å². The number of amides is 2. The number of aliphatic hydroxyl groups excluding tert-OH is 1. The van der Waals surface area contributed by atoms with Gasteiger partial charge in [0, 0.05) is 23.1 Å². The Balaban J connectivity index is 1.57. The minimum Gasteiger partial charge on any atom is -0.390 e. The van der Waals surface area contributed by atoms with E-state index in [0.29, 0.717) is 10.6 Å². The van der Waals surface area contributed by atoms with Gasteiger partial charge in [0.15, 0.2) is 0 Å². The van der Waals surface area contributed by atoms with Gasteiger partial charge >= 0.3 is 0 Å². The zero-order chi connectivity index (χ0) is 21.0. The quantitative estimate of drug-likeness (QED) is 0.506. The first-order valence-electron chi connectivity index (χ1n) is 9.19. The van der Waals surface area contributed by atoms with Crippen LogP contribution in [0.5, 0.6) is 0 Å². The minimum absolute atomic E-state index is 0.00413. The minimum atomic E-state index is -1.03. The topological polar surface area (TPSA) is 99.1 Å². The molecule has 1 saturated heterocycles. The van der Waals surface area contributed by atoms with Crippen LogP contribution in [-0.2, 0) is 4.74 Å². The normalized spacial score (nSPS) is 23.6. The van der Waals surface area contributed by atoms with Crippen molar-refractivity contribution in [3.63, 3.8) is 0 Å². The number of carbonyl (C=O) groups is 2. The van der Waals surface area contributed by atoms with Crippen molar-refractivity contribution in [3.05, 3.63) is 71.5 Å². The highest BCUT2D eigenvalue weighted by Gasteiger charge is 2.47. The first kappa shape index (κ1) is 20.9. The van der Waals surface area contributed by atoms with E-state index in [0.717, 1.165) is 6.07 Å². The molecular formula is C21H23FN2O5. The number of carbonyl (C=O) groups excluding carboxylic acids is 2. The van der Waals surface area contributed by atoms with Crippen molar-refractivity contribution in [3.8, 4) is 0 Å². The van der Waals surface area contributed by atoms with Gasteiger partial charge in [0.1, 0.15) is 11.9 Å². The van der Waals surface area contributed by atoms with Gasteiger partial charge in [-0.1, -0.05) is 31.2 Å². The number of hydroxylamine groups is 2. The summed E-state index contributed by atoms with van der Waals surface area (Å²) in [5.41, 5.74) is -0.436. The van der Waals surface area contributed by atoms with Crippen molar-refractivity contribution in [1.82, 2.24) is 10.4 Å². The third-order valence-corrected chi connectivity index (χ3v) is 5.01. The molecule has 0 saturated carbocycles. The zero-order valence-corrected chi connectivity index (χ0v) is 15.9. The lowest BCUT2D eigenvalue weighted by Crippen LogP contribution is -2.47. The van der Waals surface area contributed by atoms with Crippen LogP contribution in [0.3, 0.4) is 0 Å². The summed E-state index contributed by atoms with van der Waals surface area (Å²) in [5.74, 6) is -1.59. The Hall–Kier alpha value is -2.81. The van der Waals surface area contributed by atoms with Gasteiger partial charge in [0.25, 0.3) is 11.8 Å². The van der Waals surface area contributed by atoms with Crippen LogP contribution in [0.25, 0.3) is 0 Å². The van der Waals surface area contributed by atoms with Crippen LogP contribution in [0.2, 0.25) is 0 Å². The summed E-state index contributed by atoms with van der Waals surface area (Å²) < 4.78 is 18.8. The Bertz CT molecular complexity index is 878. The molecule has 8 heteroatoms. The molecule has 1 heterocycles. The molecule has 0 unspecified atom stereocenters. The van der Waals surface area contributed by atoms with Crippen LogP contribution in [0.15, 0.2) is 54.6 Å². The standard InChI is InChI=1S/C21H23FN2O5/c1-21(12-24(28)20(27)14-6-3-2-4-7-14)13-29-17(18(21)25)11-23-19(26)15-8-5-9-16(22)10-15/h2-10,17-18,25,28H,11-13H2,1H3,(H,23,26)/t17-,18-,21-/m1/s1. The van der Waals surface area contributed by atoms with E-state index in [-0.39, 0.29) is 25.3 Å². The highest BCUT2D eigenvalue weighted by Crippen LogP contribution is 2.33. The number of hydrogen-bond acceptors (Lipinski definition) is 5. The van der Waals surface area contributed by atoms with Gasteiger partial charge in [-0.15, -0.1) is 0 Å². The first-order chi connectivity index (χ1) is 13.8. The summed E-state index contributed by atoms with van der Waals surface area (Å²) in [6.45, 7) is 1.64. The molecule has 1 aliphatic heterocycles. The second-order valence-electron chi connectivity index (χ2n) is 7.40. The van der Waals surface area contributed by atoms with E-state index in [1.807, 2.05) is 0 Å². The van der Waals surface area contributed by atoms with Gasteiger partial charge in [-0.3, -0.25) is 14.8 Å². The first-order valence-corrected chi connectivity index (χ1v) is 9.19. The molecule has 0 bridgehead atoms. The fourth-order valence-corrected chi connectivity index (χ4v) is 3.30. The number of nitrogens with one attached hydrogen (secondary N) is 1. The molecule has 0 aliphatic carbocycles. The average Bonchev–Trinajstić information content (AvgIpc) is 3.00. The molecule has 2 amide bonds. The highest BCUT2D eigenvalue weighted by molar-refractivity contribution is 5.94. The van der Waals surface area contributed by atoms with Crippen LogP contribution in [0.1, 0.15) is 27.6 Å². The molecule has 0 radical (unpaired) electrons. The summed E-state index contributed by atoms with van der Waals surface area (Å²) in [5, 5.41) is 24.0. The number of hydrogen-bond donors (Lipinski definition) is 3. The number of nitrogens with zero attached hydrogens (tertiary/aromatic N) is 1. The van der Waals surface area contributed by atoms with Gasteiger partial charge in [-0.2, -0.15) is 0 Å². The van der Waals surface area contributed by atoms with E-state index in [2.05, 4.69) is 5.32 Å². The average molecular weight is 402 g/mol. The van der Waals surface area contributed by atoms with Gasteiger partial charge < -0.3 is 15.2 Å². The maximum atomic E-state index is 13.2. The number of rotatable bonds is 6. The molecule has 3 rings (SSSR count). The summed E-state index contributed by atoms with van der Waals surface area (Å²) in [4.78, 5) is 24.5. The van der Waals surface area contributed by atoms with E-state index in [4.69, 9.17) is 4.74 Å². The Kier molecular flexibility index (Phi) is 6.26. The van der Waals surface area contributed by atoms with Crippen molar-refractivity contribution in [2.45, 2.75) is 19.1 Å². The smallest absolute Gasteiger partial charge is 0.277 e. The Morgan fingerprint density at radius 2 is 1.90 bits per heavy atom. The van der Waals surface area contributed by atoms with E-state index >= 15 is 0 Å². The molecule has 2 aromatic rings. The summed E-state index contributed by atoms with van der Waals surface area (Å²) >= 11 is 0. The summed E-state index contributed by atoms with van der Waals surface area (Å²) in [7, 11) is 0. The zero-order valence-electron chi connectivity index (χ0n) is 15.9. The third kappa shape index (κ3) is 4.79. The second kappa shape index (κ2) is 8.69. The number of benzene rings is 2. The highest BCUT2D eigenvalue weighted by atomic mass is 19.1. The van der Waals surface area contributed by atoms with Crippen molar-refractivity contribution < 1.29 is 29.0 Å². The van der Waals surface area contributed by atoms with Crippen LogP contribution >= 0.6 is 0 Å². The molecule has 1 fully saturated rings. The van der Waals surface area contributed by atoms with Crippen molar-refractivity contribution in [2.24, 2.45) is 5.41 Å². The lowest BCUT2D eigenvalue weighted by atomic mass is 9.84. The molecule has 0 aromatic heterocycles. The SMILES string of the molecule is C[C@@]1(CN(O)C(=O)c2ccccc2)CO[C@H](CNC(=O)c2cccc(F)c2)[C@H]1O.